The van der Waals surface area contributed by atoms with Crippen LogP contribution in [0.25, 0.3) is 0 Å². The number of nitrogens with one attached hydrogen (secondary N) is 1. The van der Waals surface area contributed by atoms with Crippen LogP contribution in [-0.4, -0.2) is 11.4 Å². The van der Waals surface area contributed by atoms with Gasteiger partial charge in [0.15, 0.2) is 0 Å². The summed E-state index contributed by atoms with van der Waals surface area (Å²) < 4.78 is 0. The second-order valence-corrected chi connectivity index (χ2v) is 4.07. The van der Waals surface area contributed by atoms with Crippen molar-refractivity contribution in [3.8, 4) is 12.3 Å². The molecule has 2 nitrogen and oxygen atoms in total. The molecule has 0 aromatic rings. The van der Waals surface area contributed by atoms with Gasteiger partial charge in [0.2, 0.25) is 0 Å². The van der Waals surface area contributed by atoms with Crippen molar-refractivity contribution >= 4 is 5.84 Å². The zero-order valence-electron chi connectivity index (χ0n) is 17.2. The van der Waals surface area contributed by atoms with Gasteiger partial charge in [-0.05, 0) is 47.1 Å². The Bertz CT molecular complexity index is 364. The van der Waals surface area contributed by atoms with Crippen molar-refractivity contribution in [1.82, 2.24) is 5.32 Å². The van der Waals surface area contributed by atoms with Crippen molar-refractivity contribution in [2.75, 3.05) is 0 Å². The molecule has 0 spiro atoms. The lowest BCUT2D eigenvalue weighted by atomic mass is 9.90. The van der Waals surface area contributed by atoms with Crippen molar-refractivity contribution in [3.05, 3.63) is 23.4 Å². The van der Waals surface area contributed by atoms with Gasteiger partial charge < -0.3 is 5.32 Å². The highest BCUT2D eigenvalue weighted by Gasteiger charge is 2.28. The molecule has 1 heterocycles. The Hall–Kier alpha value is -1.49. The molecule has 0 unspecified atom stereocenters. The molecule has 1 rings (SSSR count). The lowest BCUT2D eigenvalue weighted by Gasteiger charge is -2.32. The average molecular weight is 309 g/mol. The van der Waals surface area contributed by atoms with Crippen LogP contribution < -0.4 is 5.32 Å². The van der Waals surface area contributed by atoms with Crippen molar-refractivity contribution < 1.29 is 0 Å². The lowest BCUT2D eigenvalue weighted by molar-refractivity contribution is 0.594. The number of allylic oxidation sites excluding steroid dienone is 2. The van der Waals surface area contributed by atoms with Crippen molar-refractivity contribution in [2.45, 2.75) is 88.6 Å². The molecule has 1 aliphatic rings. The first-order valence-electron chi connectivity index (χ1n) is 8.47. The van der Waals surface area contributed by atoms with Crippen LogP contribution in [0.15, 0.2) is 28.4 Å². The van der Waals surface area contributed by atoms with Crippen molar-refractivity contribution in [2.24, 2.45) is 4.99 Å². The molecule has 0 saturated carbocycles. The Kier molecular flexibility index (Phi) is 25.4. The molecular formula is C20H40N2. The Morgan fingerprint density at radius 1 is 1.00 bits per heavy atom. The van der Waals surface area contributed by atoms with Crippen LogP contribution in [0.4, 0.5) is 0 Å². The summed E-state index contributed by atoms with van der Waals surface area (Å²) in [5.41, 5.74) is 2.35. The molecule has 0 atom stereocenters. The fourth-order valence-electron chi connectivity index (χ4n) is 1.84. The van der Waals surface area contributed by atoms with E-state index in [4.69, 9.17) is 0 Å². The molecule has 0 radical (unpaired) electrons. The van der Waals surface area contributed by atoms with E-state index in [0.717, 1.165) is 5.84 Å². The van der Waals surface area contributed by atoms with Gasteiger partial charge in [-0.3, -0.25) is 4.99 Å². The molecule has 0 aliphatic carbocycles. The molecule has 0 bridgehead atoms. The number of nitrogens with zero attached hydrogens (tertiary/aromatic N) is 1. The summed E-state index contributed by atoms with van der Waals surface area (Å²) in [6, 6.07) is 0. The fraction of sp³-hybridized carbons (Fsp3) is 0.650. The van der Waals surface area contributed by atoms with Gasteiger partial charge in [-0.25, -0.2) is 0 Å². The normalized spacial score (nSPS) is 17.3. The largest absolute Gasteiger partial charge is 0.344 e. The molecule has 1 N–H and O–H groups in total. The van der Waals surface area contributed by atoms with E-state index >= 15 is 0 Å². The smallest absolute Gasteiger partial charge is 0.0986 e. The number of amidine groups is 1. The summed E-state index contributed by atoms with van der Waals surface area (Å²) in [5.74, 6) is 3.24. The second kappa shape index (κ2) is 19.5. The summed E-state index contributed by atoms with van der Waals surface area (Å²) >= 11 is 0. The Morgan fingerprint density at radius 2 is 1.36 bits per heavy atom. The Labute approximate surface area is 141 Å². The maximum atomic E-state index is 4.60. The van der Waals surface area contributed by atoms with E-state index in [1.165, 1.54) is 11.3 Å². The minimum atomic E-state index is -0.0913. The zero-order chi connectivity index (χ0) is 18.8. The maximum Gasteiger partial charge on any atom is 0.0986 e. The van der Waals surface area contributed by atoms with Crippen LogP contribution in [0.2, 0.25) is 0 Å². The maximum absolute atomic E-state index is 4.60. The number of terminal acetylenes is 1. The molecular weight excluding hydrogens is 268 g/mol. The van der Waals surface area contributed by atoms with Crippen LogP contribution in [0, 0.1) is 12.3 Å². The summed E-state index contributed by atoms with van der Waals surface area (Å²) in [7, 11) is 0. The summed E-state index contributed by atoms with van der Waals surface area (Å²) in [4.78, 5) is 4.56. The molecule has 1 aliphatic heterocycles. The Morgan fingerprint density at radius 3 is 1.64 bits per heavy atom. The van der Waals surface area contributed by atoms with Gasteiger partial charge in [-0.15, -0.1) is 12.3 Å². The number of rotatable bonds is 0. The molecule has 0 aromatic heterocycles. The second-order valence-electron chi connectivity index (χ2n) is 4.07. The molecule has 22 heavy (non-hydrogen) atoms. The monoisotopic (exact) mass is 308 g/mol. The van der Waals surface area contributed by atoms with Gasteiger partial charge in [0.25, 0.3) is 0 Å². The first-order valence-corrected chi connectivity index (χ1v) is 8.47. The molecule has 0 fully saturated rings. The number of hydrogen-bond donors (Lipinski definition) is 1. The third-order valence-corrected chi connectivity index (χ3v) is 2.29. The number of aliphatic imine (C=N–C) groups is 1. The highest BCUT2D eigenvalue weighted by atomic mass is 15.1. The quantitative estimate of drug-likeness (QED) is 0.518. The van der Waals surface area contributed by atoms with Gasteiger partial charge in [0, 0.05) is 5.70 Å². The van der Waals surface area contributed by atoms with Gasteiger partial charge in [0.1, 0.15) is 0 Å². The van der Waals surface area contributed by atoms with E-state index in [1.807, 2.05) is 55.4 Å². The standard InChI is InChI=1S/C11H18N2.C3H4.3C2H6/c1-6-9-10(7-2)12-8(3)13-11(9,4)5;1-3-2;3*1-2/h6-7H,1-5H3,(H,12,13);1H,2H3;3*1-2H3/b9-6+,10-7+;;;;. The molecule has 130 valence electrons. The summed E-state index contributed by atoms with van der Waals surface area (Å²) in [5, 5.41) is 3.27. The van der Waals surface area contributed by atoms with Gasteiger partial charge in [-0.1, -0.05) is 53.7 Å². The van der Waals surface area contributed by atoms with E-state index in [-0.39, 0.29) is 5.54 Å². The van der Waals surface area contributed by atoms with Crippen LogP contribution in [0.5, 0.6) is 0 Å². The fourth-order valence-corrected chi connectivity index (χ4v) is 1.84. The van der Waals surface area contributed by atoms with E-state index in [9.17, 15) is 0 Å². The van der Waals surface area contributed by atoms with Crippen molar-refractivity contribution in [3.63, 3.8) is 0 Å². The Balaban J connectivity index is -0.000000153. The van der Waals surface area contributed by atoms with E-state index < -0.39 is 0 Å². The van der Waals surface area contributed by atoms with Gasteiger partial charge in [-0.2, -0.15) is 0 Å². The third-order valence-electron chi connectivity index (χ3n) is 2.29. The molecule has 0 amide bonds. The molecule has 0 saturated heterocycles. The first-order chi connectivity index (χ1) is 10.4. The highest BCUT2D eigenvalue weighted by molar-refractivity contribution is 5.84. The minimum absolute atomic E-state index is 0.0913. The highest BCUT2D eigenvalue weighted by Crippen LogP contribution is 2.29. The van der Waals surface area contributed by atoms with Crippen LogP contribution >= 0.6 is 0 Å². The van der Waals surface area contributed by atoms with Crippen molar-refractivity contribution in [1.29, 1.82) is 0 Å². The average Bonchev–Trinajstić information content (AvgIpc) is 2.52. The van der Waals surface area contributed by atoms with Gasteiger partial charge in [0.05, 0.1) is 11.4 Å². The topological polar surface area (TPSA) is 24.4 Å². The minimum Gasteiger partial charge on any atom is -0.344 e. The van der Waals surface area contributed by atoms with E-state index in [1.54, 1.807) is 6.92 Å². The van der Waals surface area contributed by atoms with Crippen LogP contribution in [-0.2, 0) is 0 Å². The van der Waals surface area contributed by atoms with Crippen LogP contribution in [0.3, 0.4) is 0 Å². The lowest BCUT2D eigenvalue weighted by Crippen LogP contribution is -2.37. The van der Waals surface area contributed by atoms with E-state index in [0.29, 0.717) is 0 Å². The predicted molar refractivity (Wildman–Crippen MR) is 106 cm³/mol. The predicted octanol–water partition coefficient (Wildman–Crippen LogP) is 6.35. The summed E-state index contributed by atoms with van der Waals surface area (Å²) in [6.07, 6.45) is 8.81. The van der Waals surface area contributed by atoms with Gasteiger partial charge >= 0.3 is 0 Å². The molecule has 2 heteroatoms. The van der Waals surface area contributed by atoms with E-state index in [2.05, 4.69) is 55.6 Å². The zero-order valence-corrected chi connectivity index (χ0v) is 17.2. The third kappa shape index (κ3) is 12.3. The first kappa shape index (κ1) is 28.6. The SMILES string of the molecule is C#CC.C/C=C1/NC(C)=NC(C)(C)/C1=C/C.CC.CC.CC. The number of hydrogen-bond acceptors (Lipinski definition) is 2. The molecule has 0 aromatic carbocycles. The summed E-state index contributed by atoms with van der Waals surface area (Å²) in [6.45, 7) is 24.0. The van der Waals surface area contributed by atoms with Crippen LogP contribution in [0.1, 0.15) is 83.1 Å².